The van der Waals surface area contributed by atoms with E-state index in [0.29, 0.717) is 0 Å². The number of fused-ring (bicyclic) bond motifs is 1. The second-order valence-corrected chi connectivity index (χ2v) is 4.45. The Morgan fingerprint density at radius 3 is 2.79 bits per heavy atom. The largest absolute Gasteiger partial charge is 0.387 e. The minimum Gasteiger partial charge on any atom is -0.387 e. The number of rotatable bonds is 3. The lowest BCUT2D eigenvalue weighted by Crippen LogP contribution is -2.40. The van der Waals surface area contributed by atoms with Crippen LogP contribution >= 0.6 is 0 Å². The molecule has 1 N–H and O–H groups in total. The molecule has 0 amide bonds. The van der Waals surface area contributed by atoms with Crippen LogP contribution in [0.4, 0.5) is 0 Å². The average molecular weight is 200 g/mol. The lowest BCUT2D eigenvalue weighted by molar-refractivity contribution is -0.124. The van der Waals surface area contributed by atoms with E-state index in [0.717, 1.165) is 32.1 Å². The fourth-order valence-electron chi connectivity index (χ4n) is 2.53. The molecule has 2 fully saturated rings. The van der Waals surface area contributed by atoms with Crippen molar-refractivity contribution in [3.8, 4) is 0 Å². The van der Waals surface area contributed by atoms with Crippen LogP contribution in [0.5, 0.6) is 0 Å². The first-order chi connectivity index (χ1) is 6.69. The van der Waals surface area contributed by atoms with Gasteiger partial charge in [-0.2, -0.15) is 0 Å². The van der Waals surface area contributed by atoms with Crippen LogP contribution in [0.2, 0.25) is 0 Å². The Balaban J connectivity index is 1.99. The summed E-state index contributed by atoms with van der Waals surface area (Å²) in [5.74, 6) is 0. The SMILES string of the molecule is CCC[C@H]1O[C@@H]2CC[C@](O)(CC)[C@H]2O1. The van der Waals surface area contributed by atoms with Gasteiger partial charge < -0.3 is 14.6 Å². The summed E-state index contributed by atoms with van der Waals surface area (Å²) in [7, 11) is 0. The highest BCUT2D eigenvalue weighted by Gasteiger charge is 2.52. The van der Waals surface area contributed by atoms with Gasteiger partial charge in [0.2, 0.25) is 0 Å². The minimum atomic E-state index is -0.632. The third kappa shape index (κ3) is 1.58. The van der Waals surface area contributed by atoms with Gasteiger partial charge in [0.25, 0.3) is 0 Å². The number of aliphatic hydroxyl groups is 1. The molecule has 1 saturated heterocycles. The van der Waals surface area contributed by atoms with Gasteiger partial charge in [0.1, 0.15) is 6.10 Å². The topological polar surface area (TPSA) is 38.7 Å². The molecule has 1 saturated carbocycles. The molecule has 14 heavy (non-hydrogen) atoms. The van der Waals surface area contributed by atoms with Crippen molar-refractivity contribution in [3.63, 3.8) is 0 Å². The van der Waals surface area contributed by atoms with E-state index in [9.17, 15) is 5.11 Å². The zero-order valence-electron chi connectivity index (χ0n) is 9.03. The van der Waals surface area contributed by atoms with Crippen LogP contribution < -0.4 is 0 Å². The second kappa shape index (κ2) is 3.80. The Bertz CT molecular complexity index is 207. The van der Waals surface area contributed by atoms with E-state index in [4.69, 9.17) is 9.47 Å². The van der Waals surface area contributed by atoms with Crippen molar-refractivity contribution in [2.45, 2.75) is 70.1 Å². The molecule has 0 bridgehead atoms. The Morgan fingerprint density at radius 1 is 1.36 bits per heavy atom. The predicted octanol–water partition coefficient (Wildman–Crippen LogP) is 1.83. The van der Waals surface area contributed by atoms with Crippen molar-refractivity contribution in [1.82, 2.24) is 0 Å². The van der Waals surface area contributed by atoms with E-state index in [1.54, 1.807) is 0 Å². The molecular weight excluding hydrogens is 180 g/mol. The number of hydrogen-bond donors (Lipinski definition) is 1. The van der Waals surface area contributed by atoms with Crippen molar-refractivity contribution in [2.75, 3.05) is 0 Å². The van der Waals surface area contributed by atoms with Crippen LogP contribution in [0.25, 0.3) is 0 Å². The van der Waals surface area contributed by atoms with Crippen LogP contribution in [-0.4, -0.2) is 29.2 Å². The standard InChI is InChI=1S/C11H20O3/c1-3-5-9-13-8-6-7-11(12,4-2)10(8)14-9/h8-10,12H,3-7H2,1-2H3/t8-,9+,10+,11-/m1/s1. The van der Waals surface area contributed by atoms with Gasteiger partial charge in [0, 0.05) is 0 Å². The highest BCUT2D eigenvalue weighted by atomic mass is 16.7. The average Bonchev–Trinajstić information content (AvgIpc) is 2.69. The van der Waals surface area contributed by atoms with Gasteiger partial charge >= 0.3 is 0 Å². The molecule has 0 spiro atoms. The molecule has 0 aromatic rings. The van der Waals surface area contributed by atoms with E-state index in [1.165, 1.54) is 0 Å². The summed E-state index contributed by atoms with van der Waals surface area (Å²) in [6.45, 7) is 4.13. The van der Waals surface area contributed by atoms with E-state index in [1.807, 2.05) is 6.92 Å². The van der Waals surface area contributed by atoms with Gasteiger partial charge in [0.05, 0.1) is 11.7 Å². The molecule has 2 rings (SSSR count). The van der Waals surface area contributed by atoms with E-state index < -0.39 is 5.60 Å². The molecule has 4 atom stereocenters. The lowest BCUT2D eigenvalue weighted by Gasteiger charge is -2.26. The smallest absolute Gasteiger partial charge is 0.158 e. The highest BCUT2D eigenvalue weighted by Crippen LogP contribution is 2.42. The van der Waals surface area contributed by atoms with Crippen molar-refractivity contribution in [3.05, 3.63) is 0 Å². The molecule has 2 aliphatic rings. The van der Waals surface area contributed by atoms with Crippen molar-refractivity contribution in [1.29, 1.82) is 0 Å². The van der Waals surface area contributed by atoms with Crippen LogP contribution in [0.1, 0.15) is 46.0 Å². The number of ether oxygens (including phenoxy) is 2. The highest BCUT2D eigenvalue weighted by molar-refractivity contribution is 5.01. The molecule has 0 aromatic carbocycles. The Morgan fingerprint density at radius 2 is 2.14 bits per heavy atom. The second-order valence-electron chi connectivity index (χ2n) is 4.45. The maximum absolute atomic E-state index is 10.3. The Hall–Kier alpha value is -0.120. The predicted molar refractivity (Wildman–Crippen MR) is 52.9 cm³/mol. The minimum absolute atomic E-state index is 0.0756. The zero-order chi connectivity index (χ0) is 10.2. The summed E-state index contributed by atoms with van der Waals surface area (Å²) < 4.78 is 11.5. The van der Waals surface area contributed by atoms with Gasteiger partial charge in [0.15, 0.2) is 6.29 Å². The van der Waals surface area contributed by atoms with Gasteiger partial charge in [-0.1, -0.05) is 20.3 Å². The van der Waals surface area contributed by atoms with Crippen LogP contribution in [0.15, 0.2) is 0 Å². The molecular formula is C11H20O3. The third-order valence-corrected chi connectivity index (χ3v) is 3.49. The fraction of sp³-hybridized carbons (Fsp3) is 1.00. The molecule has 3 heteroatoms. The molecule has 82 valence electrons. The monoisotopic (exact) mass is 200 g/mol. The molecule has 1 aliphatic heterocycles. The maximum atomic E-state index is 10.3. The van der Waals surface area contributed by atoms with Crippen LogP contribution in [0, 0.1) is 0 Å². The van der Waals surface area contributed by atoms with Gasteiger partial charge in [-0.15, -0.1) is 0 Å². The first-order valence-electron chi connectivity index (χ1n) is 5.73. The van der Waals surface area contributed by atoms with E-state index >= 15 is 0 Å². The summed E-state index contributed by atoms with van der Waals surface area (Å²) in [6.07, 6.45) is 4.50. The maximum Gasteiger partial charge on any atom is 0.158 e. The summed E-state index contributed by atoms with van der Waals surface area (Å²) in [5, 5.41) is 10.3. The van der Waals surface area contributed by atoms with Gasteiger partial charge in [-0.3, -0.25) is 0 Å². The first-order valence-corrected chi connectivity index (χ1v) is 5.73. The van der Waals surface area contributed by atoms with Crippen molar-refractivity contribution < 1.29 is 14.6 Å². The fourth-order valence-corrected chi connectivity index (χ4v) is 2.53. The normalized spacial score (nSPS) is 46.9. The van der Waals surface area contributed by atoms with Gasteiger partial charge in [-0.05, 0) is 25.7 Å². The summed E-state index contributed by atoms with van der Waals surface area (Å²) in [6, 6.07) is 0. The van der Waals surface area contributed by atoms with Crippen LogP contribution in [-0.2, 0) is 9.47 Å². The molecule has 3 nitrogen and oxygen atoms in total. The lowest BCUT2D eigenvalue weighted by atomic mass is 9.96. The molecule has 1 heterocycles. The van der Waals surface area contributed by atoms with Crippen molar-refractivity contribution >= 4 is 0 Å². The summed E-state index contributed by atoms with van der Waals surface area (Å²) >= 11 is 0. The molecule has 0 aromatic heterocycles. The quantitative estimate of drug-likeness (QED) is 0.755. The van der Waals surface area contributed by atoms with Crippen molar-refractivity contribution in [2.24, 2.45) is 0 Å². The summed E-state index contributed by atoms with van der Waals surface area (Å²) in [5.41, 5.74) is -0.632. The molecule has 0 radical (unpaired) electrons. The summed E-state index contributed by atoms with van der Waals surface area (Å²) in [4.78, 5) is 0. The molecule has 1 aliphatic carbocycles. The Labute approximate surface area is 85.4 Å². The third-order valence-electron chi connectivity index (χ3n) is 3.49. The van der Waals surface area contributed by atoms with Crippen LogP contribution in [0.3, 0.4) is 0 Å². The van der Waals surface area contributed by atoms with Gasteiger partial charge in [-0.25, -0.2) is 0 Å². The zero-order valence-corrected chi connectivity index (χ0v) is 9.03. The van der Waals surface area contributed by atoms with E-state index in [-0.39, 0.29) is 18.5 Å². The van der Waals surface area contributed by atoms with E-state index in [2.05, 4.69) is 6.92 Å². The first kappa shape index (κ1) is 10.4. The Kier molecular flexibility index (Phi) is 2.82. The molecule has 0 unspecified atom stereocenters. The number of hydrogen-bond acceptors (Lipinski definition) is 3.